The van der Waals surface area contributed by atoms with Crippen molar-refractivity contribution in [2.24, 2.45) is 0 Å². The highest BCUT2D eigenvalue weighted by atomic mass is 16.5. The topological polar surface area (TPSA) is 26.3 Å². The molecule has 0 aromatic carbocycles. The molecule has 0 amide bonds. The molecular formula is C15H18O2. The maximum Gasteiger partial charge on any atom is 0.305 e. The molecule has 0 aliphatic rings. The van der Waals surface area contributed by atoms with Gasteiger partial charge in [0.25, 0.3) is 0 Å². The van der Waals surface area contributed by atoms with E-state index in [1.807, 2.05) is 12.2 Å². The predicted octanol–water partition coefficient (Wildman–Crippen LogP) is 2.86. The van der Waals surface area contributed by atoms with Gasteiger partial charge < -0.3 is 4.74 Å². The lowest BCUT2D eigenvalue weighted by Gasteiger charge is -1.93. The van der Waals surface area contributed by atoms with Crippen molar-refractivity contribution in [2.75, 3.05) is 7.11 Å². The minimum absolute atomic E-state index is 0.184. The Kier molecular flexibility index (Phi) is 10.8. The molecule has 2 heteroatoms. The number of carbonyl (C=O) groups is 1. The summed E-state index contributed by atoms with van der Waals surface area (Å²) >= 11 is 0. The lowest BCUT2D eigenvalue weighted by molar-refractivity contribution is -0.140. The number of hydrogen-bond acceptors (Lipinski definition) is 2. The Morgan fingerprint density at radius 1 is 1.18 bits per heavy atom. The van der Waals surface area contributed by atoms with Crippen LogP contribution in [0.3, 0.4) is 0 Å². The molecule has 0 rings (SSSR count). The maximum atomic E-state index is 10.8. The SMILES string of the molecule is CC/C=C/C#C/C=C/C#CCCCC(=O)OC. The van der Waals surface area contributed by atoms with Crippen LogP contribution in [0, 0.1) is 23.7 Å². The number of carbonyl (C=O) groups excluding carboxylic acids is 1. The van der Waals surface area contributed by atoms with Gasteiger partial charge in [0.2, 0.25) is 0 Å². The molecule has 0 spiro atoms. The summed E-state index contributed by atoms with van der Waals surface area (Å²) in [5.41, 5.74) is 0. The smallest absolute Gasteiger partial charge is 0.305 e. The number of hydrogen-bond donors (Lipinski definition) is 0. The lowest BCUT2D eigenvalue weighted by atomic mass is 10.2. The van der Waals surface area contributed by atoms with E-state index in [-0.39, 0.29) is 5.97 Å². The van der Waals surface area contributed by atoms with E-state index in [1.165, 1.54) is 7.11 Å². The fraction of sp³-hybridized carbons (Fsp3) is 0.400. The number of esters is 1. The summed E-state index contributed by atoms with van der Waals surface area (Å²) in [6, 6.07) is 0. The fourth-order valence-corrected chi connectivity index (χ4v) is 0.911. The predicted molar refractivity (Wildman–Crippen MR) is 70.0 cm³/mol. The molecule has 0 unspecified atom stereocenters. The second kappa shape index (κ2) is 12.1. The highest BCUT2D eigenvalue weighted by molar-refractivity contribution is 5.69. The van der Waals surface area contributed by atoms with Gasteiger partial charge in [-0.05, 0) is 31.1 Å². The molecule has 0 saturated carbocycles. The standard InChI is InChI=1S/C15H18O2/c1-3-4-5-6-7-8-9-10-11-12-13-14-15(16)17-2/h4-5,8-9H,3,12-14H2,1-2H3/b5-4+,9-8+. The van der Waals surface area contributed by atoms with E-state index in [1.54, 1.807) is 12.2 Å². The average molecular weight is 230 g/mol. The average Bonchev–Trinajstić information content (AvgIpc) is 2.35. The molecule has 17 heavy (non-hydrogen) atoms. The first-order chi connectivity index (χ1) is 8.31. The van der Waals surface area contributed by atoms with Gasteiger partial charge in [0.05, 0.1) is 7.11 Å². The Morgan fingerprint density at radius 3 is 2.59 bits per heavy atom. The lowest BCUT2D eigenvalue weighted by Crippen LogP contribution is -1.98. The number of unbranched alkanes of at least 4 members (excludes halogenated alkanes) is 1. The van der Waals surface area contributed by atoms with Crippen LogP contribution in [0.15, 0.2) is 24.3 Å². The second-order valence-electron chi connectivity index (χ2n) is 3.18. The van der Waals surface area contributed by atoms with E-state index >= 15 is 0 Å². The van der Waals surface area contributed by atoms with Crippen molar-refractivity contribution in [2.45, 2.75) is 32.6 Å². The van der Waals surface area contributed by atoms with Crippen molar-refractivity contribution in [3.8, 4) is 23.7 Å². The Balaban J connectivity index is 3.66. The summed E-state index contributed by atoms with van der Waals surface area (Å²) < 4.78 is 4.52. The van der Waals surface area contributed by atoms with Gasteiger partial charge in [-0.3, -0.25) is 4.79 Å². The highest BCUT2D eigenvalue weighted by Gasteiger charge is 1.96. The Bertz CT molecular complexity index is 381. The number of methoxy groups -OCH3 is 1. The number of ether oxygens (including phenoxy) is 1. The van der Waals surface area contributed by atoms with Crippen LogP contribution in [0.1, 0.15) is 32.6 Å². The number of rotatable bonds is 4. The summed E-state index contributed by atoms with van der Waals surface area (Å²) in [7, 11) is 1.39. The number of allylic oxidation sites excluding steroid dienone is 4. The Hall–Kier alpha value is -1.93. The van der Waals surface area contributed by atoms with Crippen molar-refractivity contribution in [3.05, 3.63) is 24.3 Å². The van der Waals surface area contributed by atoms with Crippen LogP contribution in [0.4, 0.5) is 0 Å². The third-order valence-electron chi connectivity index (χ3n) is 1.78. The van der Waals surface area contributed by atoms with E-state index in [2.05, 4.69) is 35.3 Å². The van der Waals surface area contributed by atoms with Crippen molar-refractivity contribution in [1.82, 2.24) is 0 Å². The summed E-state index contributed by atoms with van der Waals surface area (Å²) in [5, 5.41) is 0. The van der Waals surface area contributed by atoms with Crippen molar-refractivity contribution < 1.29 is 9.53 Å². The zero-order chi connectivity index (χ0) is 12.8. The first-order valence-electron chi connectivity index (χ1n) is 5.67. The van der Waals surface area contributed by atoms with Crippen LogP contribution in [-0.2, 0) is 9.53 Å². The first-order valence-corrected chi connectivity index (χ1v) is 5.67. The van der Waals surface area contributed by atoms with Gasteiger partial charge in [-0.1, -0.05) is 36.7 Å². The van der Waals surface area contributed by atoms with Gasteiger partial charge in [0, 0.05) is 12.8 Å². The van der Waals surface area contributed by atoms with Gasteiger partial charge in [0.15, 0.2) is 0 Å². The van der Waals surface area contributed by atoms with E-state index in [9.17, 15) is 4.79 Å². The highest BCUT2D eigenvalue weighted by Crippen LogP contribution is 1.95. The molecule has 0 saturated heterocycles. The van der Waals surface area contributed by atoms with E-state index in [0.29, 0.717) is 12.8 Å². The minimum Gasteiger partial charge on any atom is -0.469 e. The van der Waals surface area contributed by atoms with Crippen molar-refractivity contribution in [1.29, 1.82) is 0 Å². The molecular weight excluding hydrogens is 212 g/mol. The quantitative estimate of drug-likeness (QED) is 0.422. The Labute approximate surface area is 104 Å². The molecule has 0 aromatic heterocycles. The minimum atomic E-state index is -0.184. The van der Waals surface area contributed by atoms with Gasteiger partial charge >= 0.3 is 5.97 Å². The largest absolute Gasteiger partial charge is 0.469 e. The van der Waals surface area contributed by atoms with Gasteiger partial charge in [-0.2, -0.15) is 0 Å². The van der Waals surface area contributed by atoms with E-state index in [0.717, 1.165) is 12.8 Å². The van der Waals surface area contributed by atoms with Crippen LogP contribution in [0.25, 0.3) is 0 Å². The molecule has 90 valence electrons. The second-order valence-corrected chi connectivity index (χ2v) is 3.18. The zero-order valence-corrected chi connectivity index (χ0v) is 10.5. The molecule has 0 aliphatic carbocycles. The van der Waals surface area contributed by atoms with Crippen LogP contribution >= 0.6 is 0 Å². The third kappa shape index (κ3) is 12.0. The van der Waals surface area contributed by atoms with E-state index < -0.39 is 0 Å². The fourth-order valence-electron chi connectivity index (χ4n) is 0.911. The van der Waals surface area contributed by atoms with Crippen LogP contribution in [0.5, 0.6) is 0 Å². The molecule has 0 N–H and O–H groups in total. The van der Waals surface area contributed by atoms with Crippen molar-refractivity contribution >= 4 is 5.97 Å². The third-order valence-corrected chi connectivity index (χ3v) is 1.78. The summed E-state index contributed by atoms with van der Waals surface area (Å²) in [5.74, 6) is 11.3. The molecule has 0 aliphatic heterocycles. The van der Waals surface area contributed by atoms with Crippen LogP contribution in [0.2, 0.25) is 0 Å². The molecule has 0 fully saturated rings. The monoisotopic (exact) mass is 230 g/mol. The zero-order valence-electron chi connectivity index (χ0n) is 10.5. The summed E-state index contributed by atoms with van der Waals surface area (Å²) in [6.45, 7) is 2.06. The van der Waals surface area contributed by atoms with Gasteiger partial charge in [-0.15, -0.1) is 0 Å². The van der Waals surface area contributed by atoms with E-state index in [4.69, 9.17) is 0 Å². The molecule has 0 aromatic rings. The molecule has 2 nitrogen and oxygen atoms in total. The van der Waals surface area contributed by atoms with Gasteiger partial charge in [-0.25, -0.2) is 0 Å². The molecule has 0 radical (unpaired) electrons. The molecule has 0 atom stereocenters. The Morgan fingerprint density at radius 2 is 1.88 bits per heavy atom. The first kappa shape index (κ1) is 15.1. The summed E-state index contributed by atoms with van der Waals surface area (Å²) in [6.07, 6.45) is 10.1. The normalized spacial score (nSPS) is 9.53. The van der Waals surface area contributed by atoms with Gasteiger partial charge in [0.1, 0.15) is 0 Å². The van der Waals surface area contributed by atoms with Crippen molar-refractivity contribution in [3.63, 3.8) is 0 Å². The van der Waals surface area contributed by atoms with Crippen LogP contribution in [-0.4, -0.2) is 13.1 Å². The molecule has 0 bridgehead atoms. The maximum absolute atomic E-state index is 10.8. The van der Waals surface area contributed by atoms with Crippen LogP contribution < -0.4 is 0 Å². The molecule has 0 heterocycles. The summed E-state index contributed by atoms with van der Waals surface area (Å²) in [4.78, 5) is 10.8.